The second-order valence-corrected chi connectivity index (χ2v) is 6.71. The van der Waals surface area contributed by atoms with Crippen molar-refractivity contribution >= 4 is 35.0 Å². The van der Waals surface area contributed by atoms with Gasteiger partial charge in [0.2, 0.25) is 0 Å². The van der Waals surface area contributed by atoms with E-state index >= 15 is 0 Å². The minimum atomic E-state index is -0.565. The summed E-state index contributed by atoms with van der Waals surface area (Å²) in [7, 11) is 1.42. The number of anilines is 2. The molecule has 0 fully saturated rings. The lowest BCUT2D eigenvalue weighted by atomic mass is 10.2. The molecule has 0 saturated carbocycles. The van der Waals surface area contributed by atoms with Gasteiger partial charge in [-0.1, -0.05) is 11.6 Å². The van der Waals surface area contributed by atoms with Crippen molar-refractivity contribution in [2.75, 3.05) is 25.6 Å². The fraction of sp³-hybridized carbons (Fsp3) is 0.190. The van der Waals surface area contributed by atoms with Crippen LogP contribution in [0.5, 0.6) is 5.75 Å². The van der Waals surface area contributed by atoms with E-state index in [0.29, 0.717) is 10.7 Å². The van der Waals surface area contributed by atoms with Crippen LogP contribution in [0.4, 0.5) is 15.9 Å². The molecule has 0 aliphatic heterocycles. The van der Waals surface area contributed by atoms with E-state index < -0.39 is 17.7 Å². The van der Waals surface area contributed by atoms with Crippen LogP contribution in [-0.2, 0) is 9.53 Å². The summed E-state index contributed by atoms with van der Waals surface area (Å²) >= 11 is 5.98. The third-order valence-electron chi connectivity index (χ3n) is 4.16. The number of methoxy groups -OCH3 is 1. The Labute approximate surface area is 188 Å². The number of pyridine rings is 1. The third-order valence-corrected chi connectivity index (χ3v) is 4.40. The molecule has 2 N–H and O–H groups in total. The molecule has 166 valence electrons. The van der Waals surface area contributed by atoms with Crippen molar-refractivity contribution < 1.29 is 23.5 Å². The van der Waals surface area contributed by atoms with Gasteiger partial charge in [-0.15, -0.1) is 0 Å². The van der Waals surface area contributed by atoms with Crippen LogP contribution >= 0.6 is 11.6 Å². The van der Waals surface area contributed by atoms with Crippen LogP contribution in [0.15, 0.2) is 42.9 Å². The zero-order valence-electron chi connectivity index (χ0n) is 17.2. The minimum absolute atomic E-state index is 0.0654. The lowest BCUT2D eigenvalue weighted by molar-refractivity contribution is -0.141. The number of nitrogens with one attached hydrogen (secondary N) is 2. The maximum absolute atomic E-state index is 14.3. The highest BCUT2D eigenvalue weighted by Crippen LogP contribution is 2.30. The van der Waals surface area contributed by atoms with E-state index in [1.807, 2.05) is 0 Å². The molecule has 32 heavy (non-hydrogen) atoms. The smallest absolute Gasteiger partial charge is 0.325 e. The molecule has 2 heterocycles. The van der Waals surface area contributed by atoms with E-state index in [-0.39, 0.29) is 41.7 Å². The summed E-state index contributed by atoms with van der Waals surface area (Å²) in [5, 5.41) is 5.77. The summed E-state index contributed by atoms with van der Waals surface area (Å²) in [6.07, 6.45) is 4.16. The Bertz CT molecular complexity index is 1140. The first-order valence-electron chi connectivity index (χ1n) is 9.44. The van der Waals surface area contributed by atoms with Crippen molar-refractivity contribution in [1.29, 1.82) is 0 Å². The van der Waals surface area contributed by atoms with E-state index in [4.69, 9.17) is 21.1 Å². The van der Waals surface area contributed by atoms with E-state index in [2.05, 4.69) is 25.6 Å². The standard InChI is InChI=1S/C21H19ClFN5O4/c1-3-32-18(29)11-26-21(30)14-9-24-7-6-16(14)27-20-17(31-2)10-25-19(28-20)13-8-12(22)4-5-15(13)23/h4-10H,3,11H2,1-2H3,(H,26,30)(H,24,25,27,28). The average molecular weight is 460 g/mol. The SMILES string of the molecule is CCOC(=O)CNC(=O)c1cnccc1Nc1nc(-c2cc(Cl)ccc2F)ncc1OC. The average Bonchev–Trinajstić information content (AvgIpc) is 2.79. The topological polar surface area (TPSA) is 115 Å². The maximum Gasteiger partial charge on any atom is 0.325 e. The molecule has 0 unspecified atom stereocenters. The molecular formula is C21H19ClFN5O4. The molecule has 3 rings (SSSR count). The van der Waals surface area contributed by atoms with Crippen LogP contribution in [0.3, 0.4) is 0 Å². The maximum atomic E-state index is 14.3. The van der Waals surface area contributed by atoms with E-state index in [0.717, 1.165) is 0 Å². The molecule has 0 radical (unpaired) electrons. The number of benzene rings is 1. The zero-order chi connectivity index (χ0) is 23.1. The molecule has 3 aromatic rings. The Morgan fingerprint density at radius 2 is 2.03 bits per heavy atom. The predicted molar refractivity (Wildman–Crippen MR) is 115 cm³/mol. The minimum Gasteiger partial charge on any atom is -0.491 e. The summed E-state index contributed by atoms with van der Waals surface area (Å²) in [6.45, 7) is 1.58. The zero-order valence-corrected chi connectivity index (χ0v) is 17.9. The van der Waals surface area contributed by atoms with Crippen LogP contribution < -0.4 is 15.4 Å². The Morgan fingerprint density at radius 3 is 2.78 bits per heavy atom. The summed E-state index contributed by atoms with van der Waals surface area (Å²) in [4.78, 5) is 36.5. The van der Waals surface area contributed by atoms with Crippen molar-refractivity contribution in [3.63, 3.8) is 0 Å². The first-order chi connectivity index (χ1) is 15.4. The van der Waals surface area contributed by atoms with Crippen molar-refractivity contribution in [1.82, 2.24) is 20.3 Å². The molecule has 0 aliphatic carbocycles. The van der Waals surface area contributed by atoms with E-state index in [1.54, 1.807) is 13.0 Å². The van der Waals surface area contributed by atoms with Crippen LogP contribution in [0.1, 0.15) is 17.3 Å². The summed E-state index contributed by atoms with van der Waals surface area (Å²) in [6, 6.07) is 5.58. The number of ether oxygens (including phenoxy) is 2. The fourth-order valence-electron chi connectivity index (χ4n) is 2.68. The van der Waals surface area contributed by atoms with Crippen LogP contribution in [0.2, 0.25) is 5.02 Å². The van der Waals surface area contributed by atoms with Crippen LogP contribution in [0, 0.1) is 5.82 Å². The van der Waals surface area contributed by atoms with Gasteiger partial charge in [-0.05, 0) is 31.2 Å². The van der Waals surface area contributed by atoms with Crippen LogP contribution in [0.25, 0.3) is 11.4 Å². The molecule has 0 saturated heterocycles. The monoisotopic (exact) mass is 459 g/mol. The predicted octanol–water partition coefficient (Wildman–Crippen LogP) is 3.38. The summed E-state index contributed by atoms with van der Waals surface area (Å²) in [5.41, 5.74) is 0.578. The van der Waals surface area contributed by atoms with Crippen molar-refractivity contribution in [3.8, 4) is 17.1 Å². The quantitative estimate of drug-likeness (QED) is 0.492. The number of carbonyl (C=O) groups is 2. The van der Waals surface area contributed by atoms with Gasteiger partial charge in [0, 0.05) is 17.4 Å². The Morgan fingerprint density at radius 1 is 1.22 bits per heavy atom. The van der Waals surface area contributed by atoms with Gasteiger partial charge in [0.15, 0.2) is 17.4 Å². The number of hydrogen-bond donors (Lipinski definition) is 2. The first kappa shape index (κ1) is 22.9. The number of aromatic nitrogens is 3. The van der Waals surface area contributed by atoms with Gasteiger partial charge in [-0.2, -0.15) is 0 Å². The van der Waals surface area contributed by atoms with Crippen molar-refractivity contribution in [2.24, 2.45) is 0 Å². The highest BCUT2D eigenvalue weighted by molar-refractivity contribution is 6.30. The summed E-state index contributed by atoms with van der Waals surface area (Å²) < 4.78 is 24.4. The number of carbonyl (C=O) groups excluding carboxylic acids is 2. The Balaban J connectivity index is 1.91. The number of halogens is 2. The second-order valence-electron chi connectivity index (χ2n) is 6.27. The van der Waals surface area contributed by atoms with Gasteiger partial charge in [-0.25, -0.2) is 14.4 Å². The highest BCUT2D eigenvalue weighted by Gasteiger charge is 2.17. The van der Waals surface area contributed by atoms with Gasteiger partial charge in [0.05, 0.1) is 36.7 Å². The first-order valence-corrected chi connectivity index (χ1v) is 9.82. The molecule has 9 nitrogen and oxygen atoms in total. The van der Waals surface area contributed by atoms with Gasteiger partial charge >= 0.3 is 5.97 Å². The Kier molecular flexibility index (Phi) is 7.50. The molecule has 1 amide bonds. The Hall–Kier alpha value is -3.79. The number of nitrogens with zero attached hydrogens (tertiary/aromatic N) is 3. The highest BCUT2D eigenvalue weighted by atomic mass is 35.5. The second kappa shape index (κ2) is 10.5. The van der Waals surface area contributed by atoms with Gasteiger partial charge in [-0.3, -0.25) is 14.6 Å². The number of amides is 1. The molecule has 0 bridgehead atoms. The number of esters is 1. The van der Waals surface area contributed by atoms with E-state index in [1.165, 1.54) is 43.9 Å². The van der Waals surface area contributed by atoms with Gasteiger partial charge in [0.25, 0.3) is 5.91 Å². The normalized spacial score (nSPS) is 10.4. The molecular weight excluding hydrogens is 441 g/mol. The fourth-order valence-corrected chi connectivity index (χ4v) is 2.85. The molecule has 2 aromatic heterocycles. The lowest BCUT2D eigenvalue weighted by Gasteiger charge is -2.14. The summed E-state index contributed by atoms with van der Waals surface area (Å²) in [5.74, 6) is -1.16. The molecule has 1 aromatic carbocycles. The van der Waals surface area contributed by atoms with Crippen molar-refractivity contribution in [2.45, 2.75) is 6.92 Å². The molecule has 0 aliphatic rings. The third kappa shape index (κ3) is 5.46. The number of hydrogen-bond acceptors (Lipinski definition) is 8. The number of rotatable bonds is 8. The van der Waals surface area contributed by atoms with Gasteiger partial charge in [0.1, 0.15) is 12.4 Å². The molecule has 11 heteroatoms. The molecule has 0 atom stereocenters. The molecule has 0 spiro atoms. The van der Waals surface area contributed by atoms with Crippen molar-refractivity contribution in [3.05, 3.63) is 59.3 Å². The lowest BCUT2D eigenvalue weighted by Crippen LogP contribution is -2.31. The van der Waals surface area contributed by atoms with E-state index in [9.17, 15) is 14.0 Å². The largest absolute Gasteiger partial charge is 0.491 e. The van der Waals surface area contributed by atoms with Crippen LogP contribution in [-0.4, -0.2) is 47.1 Å². The van der Waals surface area contributed by atoms with Gasteiger partial charge < -0.3 is 20.1 Å².